The number of rotatable bonds is 4. The molecule has 1 heterocycles. The van der Waals surface area contributed by atoms with Crippen molar-refractivity contribution in [3.8, 4) is 0 Å². The first-order valence-electron chi connectivity index (χ1n) is 4.73. The summed E-state index contributed by atoms with van der Waals surface area (Å²) >= 11 is 3.26. The Labute approximate surface area is 122 Å². The molecular formula is C10H16BrCl2N3O. The average Bonchev–Trinajstić information content (AvgIpc) is 2.26. The molecule has 0 saturated heterocycles. The molecule has 1 aromatic heterocycles. The minimum atomic E-state index is -0.164. The van der Waals surface area contributed by atoms with Crippen molar-refractivity contribution in [2.75, 3.05) is 13.1 Å². The second-order valence-corrected chi connectivity index (χ2v) is 4.33. The minimum Gasteiger partial charge on any atom is -0.350 e. The summed E-state index contributed by atoms with van der Waals surface area (Å²) in [6, 6.07) is 3.46. The van der Waals surface area contributed by atoms with Gasteiger partial charge in [0.15, 0.2) is 0 Å². The molecule has 0 aliphatic heterocycles. The van der Waals surface area contributed by atoms with Crippen LogP contribution < -0.4 is 11.1 Å². The van der Waals surface area contributed by atoms with Gasteiger partial charge in [0.25, 0.3) is 5.91 Å². The summed E-state index contributed by atoms with van der Waals surface area (Å²) in [4.78, 5) is 15.5. The van der Waals surface area contributed by atoms with Crippen LogP contribution in [0.2, 0.25) is 0 Å². The maximum atomic E-state index is 11.5. The van der Waals surface area contributed by atoms with Crippen LogP contribution in [0.4, 0.5) is 0 Å². The molecule has 1 atom stereocenters. The SMILES string of the molecule is CC(CN)CNC(=O)c1ccc(Br)cn1.Cl.Cl. The number of nitrogens with one attached hydrogen (secondary N) is 1. The maximum Gasteiger partial charge on any atom is 0.269 e. The molecule has 1 rings (SSSR count). The summed E-state index contributed by atoms with van der Waals surface area (Å²) in [7, 11) is 0. The molecule has 0 spiro atoms. The second-order valence-electron chi connectivity index (χ2n) is 3.41. The molecule has 1 aromatic rings. The standard InChI is InChI=1S/C10H14BrN3O.2ClH/c1-7(4-12)5-14-10(15)9-3-2-8(11)6-13-9;;/h2-3,6-7H,4-5,12H2,1H3,(H,14,15);2*1H. The maximum absolute atomic E-state index is 11.5. The summed E-state index contributed by atoms with van der Waals surface area (Å²) in [6.45, 7) is 3.12. The van der Waals surface area contributed by atoms with Crippen LogP contribution in [0.1, 0.15) is 17.4 Å². The Bertz CT molecular complexity index is 335. The molecule has 1 amide bonds. The van der Waals surface area contributed by atoms with E-state index in [9.17, 15) is 4.79 Å². The van der Waals surface area contributed by atoms with Crippen LogP contribution >= 0.6 is 40.7 Å². The number of carbonyl (C=O) groups is 1. The number of pyridine rings is 1. The minimum absolute atomic E-state index is 0. The van der Waals surface area contributed by atoms with Gasteiger partial charge in [0.2, 0.25) is 0 Å². The molecule has 1 unspecified atom stereocenters. The fourth-order valence-corrected chi connectivity index (χ4v) is 1.19. The van der Waals surface area contributed by atoms with Crippen molar-refractivity contribution in [1.29, 1.82) is 0 Å². The highest BCUT2D eigenvalue weighted by Crippen LogP contribution is 2.07. The third-order valence-corrected chi connectivity index (χ3v) is 2.44. The highest BCUT2D eigenvalue weighted by atomic mass is 79.9. The number of halogens is 3. The fraction of sp³-hybridized carbons (Fsp3) is 0.400. The lowest BCUT2D eigenvalue weighted by molar-refractivity contribution is 0.0943. The molecule has 4 nitrogen and oxygen atoms in total. The number of carbonyl (C=O) groups excluding carboxylic acids is 1. The quantitative estimate of drug-likeness (QED) is 0.877. The van der Waals surface area contributed by atoms with E-state index in [0.29, 0.717) is 18.8 Å². The smallest absolute Gasteiger partial charge is 0.269 e. The van der Waals surface area contributed by atoms with Gasteiger partial charge < -0.3 is 11.1 Å². The van der Waals surface area contributed by atoms with Gasteiger partial charge in [0, 0.05) is 17.2 Å². The number of nitrogens with zero attached hydrogens (tertiary/aromatic N) is 1. The Kier molecular flexibility index (Phi) is 10.8. The van der Waals surface area contributed by atoms with Crippen molar-refractivity contribution >= 4 is 46.7 Å². The molecule has 0 aromatic carbocycles. The third kappa shape index (κ3) is 6.83. The van der Waals surface area contributed by atoms with E-state index in [1.165, 1.54) is 0 Å². The summed E-state index contributed by atoms with van der Waals surface area (Å²) in [6.07, 6.45) is 1.60. The van der Waals surface area contributed by atoms with Crippen LogP contribution in [0.5, 0.6) is 0 Å². The van der Waals surface area contributed by atoms with Crippen molar-refractivity contribution in [3.63, 3.8) is 0 Å². The number of hydrogen-bond acceptors (Lipinski definition) is 3. The topological polar surface area (TPSA) is 68.0 Å². The highest BCUT2D eigenvalue weighted by molar-refractivity contribution is 9.10. The molecule has 0 radical (unpaired) electrons. The predicted octanol–water partition coefficient (Wildman–Crippen LogP) is 2.01. The summed E-state index contributed by atoms with van der Waals surface area (Å²) in [5, 5.41) is 2.77. The molecule has 0 bridgehead atoms. The molecule has 7 heteroatoms. The zero-order chi connectivity index (χ0) is 11.3. The fourth-order valence-electron chi connectivity index (χ4n) is 0.951. The van der Waals surface area contributed by atoms with Gasteiger partial charge in [0.05, 0.1) is 0 Å². The van der Waals surface area contributed by atoms with Gasteiger partial charge in [-0.15, -0.1) is 24.8 Å². The van der Waals surface area contributed by atoms with E-state index in [2.05, 4.69) is 26.2 Å². The van der Waals surface area contributed by atoms with Crippen LogP contribution in [0.3, 0.4) is 0 Å². The van der Waals surface area contributed by atoms with Gasteiger partial charge in [-0.1, -0.05) is 6.92 Å². The number of aromatic nitrogens is 1. The zero-order valence-corrected chi connectivity index (χ0v) is 12.6. The van der Waals surface area contributed by atoms with Gasteiger partial charge in [-0.2, -0.15) is 0 Å². The Morgan fingerprint density at radius 1 is 1.53 bits per heavy atom. The molecule has 0 saturated carbocycles. The molecule has 0 aliphatic rings. The monoisotopic (exact) mass is 343 g/mol. The Morgan fingerprint density at radius 3 is 2.65 bits per heavy atom. The number of amides is 1. The molecular weight excluding hydrogens is 329 g/mol. The van der Waals surface area contributed by atoms with Gasteiger partial charge in [-0.25, -0.2) is 4.98 Å². The Balaban J connectivity index is 0. The van der Waals surface area contributed by atoms with E-state index in [4.69, 9.17) is 5.73 Å². The first-order valence-corrected chi connectivity index (χ1v) is 5.52. The lowest BCUT2D eigenvalue weighted by Crippen LogP contribution is -2.31. The Morgan fingerprint density at radius 2 is 2.18 bits per heavy atom. The van der Waals surface area contributed by atoms with Gasteiger partial charge >= 0.3 is 0 Å². The van der Waals surface area contributed by atoms with Crippen LogP contribution in [0.25, 0.3) is 0 Å². The van der Waals surface area contributed by atoms with Gasteiger partial charge in [-0.3, -0.25) is 4.79 Å². The van der Waals surface area contributed by atoms with Crippen molar-refractivity contribution in [2.24, 2.45) is 11.7 Å². The normalized spacial score (nSPS) is 10.8. The summed E-state index contributed by atoms with van der Waals surface area (Å²) < 4.78 is 0.856. The molecule has 98 valence electrons. The van der Waals surface area contributed by atoms with E-state index in [0.717, 1.165) is 4.47 Å². The second kappa shape index (κ2) is 9.65. The molecule has 3 N–H and O–H groups in total. The lowest BCUT2D eigenvalue weighted by Gasteiger charge is -2.09. The molecule has 17 heavy (non-hydrogen) atoms. The molecule has 0 aliphatic carbocycles. The first kappa shape index (κ1) is 19.0. The van der Waals surface area contributed by atoms with Crippen LogP contribution in [0.15, 0.2) is 22.8 Å². The predicted molar refractivity (Wildman–Crippen MR) is 77.0 cm³/mol. The lowest BCUT2D eigenvalue weighted by atomic mass is 10.2. The summed E-state index contributed by atoms with van der Waals surface area (Å²) in [5.41, 5.74) is 5.86. The first-order chi connectivity index (χ1) is 7.13. The van der Waals surface area contributed by atoms with E-state index < -0.39 is 0 Å². The van der Waals surface area contributed by atoms with E-state index >= 15 is 0 Å². The van der Waals surface area contributed by atoms with Crippen LogP contribution in [-0.2, 0) is 0 Å². The highest BCUT2D eigenvalue weighted by Gasteiger charge is 2.07. The third-order valence-electron chi connectivity index (χ3n) is 1.97. The van der Waals surface area contributed by atoms with Gasteiger partial charge in [-0.05, 0) is 40.5 Å². The van der Waals surface area contributed by atoms with Crippen molar-refractivity contribution in [1.82, 2.24) is 10.3 Å². The van der Waals surface area contributed by atoms with E-state index in [1.54, 1.807) is 18.3 Å². The van der Waals surface area contributed by atoms with E-state index in [-0.39, 0.29) is 36.6 Å². The van der Waals surface area contributed by atoms with Crippen molar-refractivity contribution in [3.05, 3.63) is 28.5 Å². The summed E-state index contributed by atoms with van der Waals surface area (Å²) in [5.74, 6) is 0.118. The van der Waals surface area contributed by atoms with E-state index in [1.807, 2.05) is 6.92 Å². The van der Waals surface area contributed by atoms with Crippen LogP contribution in [-0.4, -0.2) is 24.0 Å². The van der Waals surface area contributed by atoms with Gasteiger partial charge in [0.1, 0.15) is 5.69 Å². The van der Waals surface area contributed by atoms with Crippen molar-refractivity contribution in [2.45, 2.75) is 6.92 Å². The number of nitrogens with two attached hydrogens (primary N) is 1. The van der Waals surface area contributed by atoms with Crippen molar-refractivity contribution < 1.29 is 4.79 Å². The number of hydrogen-bond donors (Lipinski definition) is 2. The van der Waals surface area contributed by atoms with Crippen LogP contribution in [0, 0.1) is 5.92 Å². The molecule has 0 fully saturated rings. The zero-order valence-electron chi connectivity index (χ0n) is 9.35. The Hall–Kier alpha value is -0.360. The largest absolute Gasteiger partial charge is 0.350 e. The average molecular weight is 345 g/mol.